The fourth-order valence-corrected chi connectivity index (χ4v) is 3.20. The fourth-order valence-electron chi connectivity index (χ4n) is 3.20. The van der Waals surface area contributed by atoms with Crippen LogP contribution in [0, 0.1) is 0 Å². The third-order valence-electron chi connectivity index (χ3n) is 5.67. The van der Waals surface area contributed by atoms with Crippen LogP contribution >= 0.6 is 0 Å². The van der Waals surface area contributed by atoms with Crippen LogP contribution in [-0.4, -0.2) is 130 Å². The lowest BCUT2D eigenvalue weighted by molar-refractivity contribution is -0.166. The first kappa shape index (κ1) is 36.7. The average Bonchev–Trinajstić information content (AvgIpc) is 2.95. The molecule has 6 N–H and O–H groups in total. The molecule has 0 aliphatic rings. The summed E-state index contributed by atoms with van der Waals surface area (Å²) in [4.78, 5) is 72.2. The molecular formula is C24H45N7O9. The Morgan fingerprint density at radius 1 is 0.475 bits per heavy atom. The van der Waals surface area contributed by atoms with Crippen molar-refractivity contribution in [2.45, 2.75) is 59.3 Å². The van der Waals surface area contributed by atoms with Crippen molar-refractivity contribution in [2.75, 3.05) is 58.9 Å². The summed E-state index contributed by atoms with van der Waals surface area (Å²) in [6, 6.07) is 0. The molecule has 0 saturated carbocycles. The quantitative estimate of drug-likeness (QED) is 0.0702. The molecular weight excluding hydrogens is 530 g/mol. The van der Waals surface area contributed by atoms with Gasteiger partial charge >= 0.3 is 0 Å². The minimum absolute atomic E-state index is 0.0842. The van der Waals surface area contributed by atoms with Crippen molar-refractivity contribution in [1.29, 1.82) is 0 Å². The zero-order valence-corrected chi connectivity index (χ0v) is 23.7. The normalized spacial score (nSPS) is 10.6. The van der Waals surface area contributed by atoms with Crippen molar-refractivity contribution in [3.05, 3.63) is 0 Å². The van der Waals surface area contributed by atoms with Gasteiger partial charge < -0.3 is 16.0 Å². The van der Waals surface area contributed by atoms with Crippen LogP contribution in [0.25, 0.3) is 0 Å². The van der Waals surface area contributed by atoms with Gasteiger partial charge in [0.15, 0.2) is 0 Å². The number of hydrogen-bond donors (Lipinski definition) is 6. The lowest BCUT2D eigenvalue weighted by Crippen LogP contribution is -2.43. The number of nitrogens with zero attached hydrogens (tertiary/aromatic N) is 4. The van der Waals surface area contributed by atoms with E-state index < -0.39 is 17.7 Å². The summed E-state index contributed by atoms with van der Waals surface area (Å²) >= 11 is 0. The predicted octanol–water partition coefficient (Wildman–Crippen LogP) is -1.31. The number of carbonyl (C=O) groups excluding carboxylic acids is 6. The zero-order chi connectivity index (χ0) is 30.5. The van der Waals surface area contributed by atoms with E-state index in [-0.39, 0.29) is 95.5 Å². The number of rotatable bonds is 21. The Bertz CT molecular complexity index is 724. The molecule has 16 heteroatoms. The molecule has 0 aliphatic carbocycles. The van der Waals surface area contributed by atoms with Gasteiger partial charge in [-0.1, -0.05) is 20.8 Å². The van der Waals surface area contributed by atoms with E-state index in [4.69, 9.17) is 0 Å². The van der Waals surface area contributed by atoms with Crippen molar-refractivity contribution >= 4 is 35.4 Å². The largest absolute Gasteiger partial charge is 0.355 e. The van der Waals surface area contributed by atoms with Gasteiger partial charge in [-0.3, -0.25) is 49.3 Å². The molecule has 0 heterocycles. The van der Waals surface area contributed by atoms with Crippen LogP contribution in [0.1, 0.15) is 59.3 Å². The van der Waals surface area contributed by atoms with Gasteiger partial charge in [0, 0.05) is 77.8 Å². The highest BCUT2D eigenvalue weighted by atomic mass is 16.5. The standard InChI is InChI=1S/C24H45N7O9/c1-4-22(35)29(38)13-7-19(32)25-10-16-28(17-11-26-20(33)8-14-30(39)23(36)5-2)18-12-27-21(34)9-15-31(40)24(37)6-3/h38-40H,4-18H2,1-3H3,(H,25,32)(H,26,33)(H,27,34). The van der Waals surface area contributed by atoms with Crippen LogP contribution in [0.2, 0.25) is 0 Å². The van der Waals surface area contributed by atoms with E-state index in [2.05, 4.69) is 16.0 Å². The van der Waals surface area contributed by atoms with E-state index in [0.717, 1.165) is 0 Å². The summed E-state index contributed by atoms with van der Waals surface area (Å²) in [6.07, 6.45) is 0.0940. The summed E-state index contributed by atoms with van der Waals surface area (Å²) in [7, 11) is 0. The van der Waals surface area contributed by atoms with E-state index in [0.29, 0.717) is 34.8 Å². The summed E-state index contributed by atoms with van der Waals surface area (Å²) in [5, 5.41) is 38.2. The van der Waals surface area contributed by atoms with Gasteiger partial charge in [0.2, 0.25) is 35.4 Å². The van der Waals surface area contributed by atoms with Crippen LogP contribution < -0.4 is 16.0 Å². The average molecular weight is 576 g/mol. The van der Waals surface area contributed by atoms with E-state index in [1.54, 1.807) is 20.8 Å². The number of carbonyl (C=O) groups is 6. The van der Waals surface area contributed by atoms with Crippen molar-refractivity contribution in [1.82, 2.24) is 36.0 Å². The second-order valence-corrected chi connectivity index (χ2v) is 8.75. The molecule has 0 saturated heterocycles. The monoisotopic (exact) mass is 575 g/mol. The predicted molar refractivity (Wildman–Crippen MR) is 141 cm³/mol. The lowest BCUT2D eigenvalue weighted by atomic mass is 10.3. The minimum atomic E-state index is -0.490. The van der Waals surface area contributed by atoms with E-state index in [1.807, 2.05) is 4.90 Å². The molecule has 0 fully saturated rings. The van der Waals surface area contributed by atoms with E-state index in [9.17, 15) is 44.4 Å². The molecule has 0 aliphatic heterocycles. The number of hydroxylamine groups is 6. The van der Waals surface area contributed by atoms with Crippen LogP contribution in [0.4, 0.5) is 0 Å². The molecule has 40 heavy (non-hydrogen) atoms. The van der Waals surface area contributed by atoms with Gasteiger partial charge in [-0.05, 0) is 0 Å². The molecule has 0 rings (SSSR count). The summed E-state index contributed by atoms with van der Waals surface area (Å²) in [5.74, 6) is -2.57. The van der Waals surface area contributed by atoms with Crippen LogP contribution in [0.5, 0.6) is 0 Å². The molecule has 230 valence electrons. The second-order valence-electron chi connectivity index (χ2n) is 8.75. The van der Waals surface area contributed by atoms with Crippen LogP contribution in [0.15, 0.2) is 0 Å². The molecule has 16 nitrogen and oxygen atoms in total. The SMILES string of the molecule is CCC(=O)N(O)CCC(=O)NCCN(CCNC(=O)CCN(O)C(=O)CC)CCNC(=O)CCN(O)C(=O)CC. The molecule has 0 unspecified atom stereocenters. The first-order valence-corrected chi connectivity index (χ1v) is 13.4. The summed E-state index contributed by atoms with van der Waals surface area (Å²) in [5.41, 5.74) is 0. The highest BCUT2D eigenvalue weighted by Gasteiger charge is 2.14. The summed E-state index contributed by atoms with van der Waals surface area (Å²) < 4.78 is 0. The molecule has 0 aromatic carbocycles. The Morgan fingerprint density at radius 2 is 0.725 bits per heavy atom. The van der Waals surface area contributed by atoms with Crippen LogP contribution in [0.3, 0.4) is 0 Å². The number of hydrogen-bond acceptors (Lipinski definition) is 10. The van der Waals surface area contributed by atoms with E-state index >= 15 is 0 Å². The number of nitrogens with one attached hydrogen (secondary N) is 3. The maximum atomic E-state index is 12.1. The smallest absolute Gasteiger partial charge is 0.245 e. The number of amides is 6. The van der Waals surface area contributed by atoms with Crippen molar-refractivity contribution in [3.8, 4) is 0 Å². The molecule has 6 amide bonds. The Hall–Kier alpha value is -3.34. The molecule has 0 aromatic rings. The van der Waals surface area contributed by atoms with Gasteiger partial charge in [-0.15, -0.1) is 0 Å². The maximum Gasteiger partial charge on any atom is 0.245 e. The molecule has 0 aromatic heterocycles. The van der Waals surface area contributed by atoms with Gasteiger partial charge in [0.05, 0.1) is 19.6 Å². The van der Waals surface area contributed by atoms with Crippen molar-refractivity contribution < 1.29 is 44.4 Å². The highest BCUT2D eigenvalue weighted by Crippen LogP contribution is 1.95. The molecule has 0 spiro atoms. The Balaban J connectivity index is 4.66. The first-order valence-electron chi connectivity index (χ1n) is 13.4. The molecule has 0 atom stereocenters. The Labute approximate surface area is 234 Å². The van der Waals surface area contributed by atoms with Gasteiger partial charge in [0.1, 0.15) is 0 Å². The highest BCUT2D eigenvalue weighted by molar-refractivity contribution is 5.79. The fraction of sp³-hybridized carbons (Fsp3) is 0.750. The van der Waals surface area contributed by atoms with E-state index in [1.165, 1.54) is 0 Å². The lowest BCUT2D eigenvalue weighted by Gasteiger charge is -2.23. The van der Waals surface area contributed by atoms with Crippen molar-refractivity contribution in [2.24, 2.45) is 0 Å². The van der Waals surface area contributed by atoms with Crippen LogP contribution in [-0.2, 0) is 28.8 Å². The Kier molecular flexibility index (Phi) is 19.7. The third kappa shape index (κ3) is 17.3. The van der Waals surface area contributed by atoms with Gasteiger partial charge in [-0.2, -0.15) is 0 Å². The summed E-state index contributed by atoms with van der Waals surface area (Å²) in [6.45, 7) is 6.13. The molecule has 0 radical (unpaired) electrons. The molecule has 0 bridgehead atoms. The van der Waals surface area contributed by atoms with Gasteiger partial charge in [-0.25, -0.2) is 15.2 Å². The Morgan fingerprint density at radius 3 is 0.950 bits per heavy atom. The maximum absolute atomic E-state index is 12.1. The van der Waals surface area contributed by atoms with Gasteiger partial charge in [0.25, 0.3) is 0 Å². The topological polar surface area (TPSA) is 212 Å². The van der Waals surface area contributed by atoms with Crippen molar-refractivity contribution in [3.63, 3.8) is 0 Å². The third-order valence-corrected chi connectivity index (χ3v) is 5.67. The minimum Gasteiger partial charge on any atom is -0.355 e. The first-order chi connectivity index (χ1) is 18.9. The zero-order valence-electron chi connectivity index (χ0n) is 23.7. The second kappa shape index (κ2) is 21.5.